The van der Waals surface area contributed by atoms with E-state index in [0.29, 0.717) is 45.3 Å². The van der Waals surface area contributed by atoms with Gasteiger partial charge in [0.05, 0.1) is 52.6 Å². The molecule has 0 radical (unpaired) electrons. The average Bonchev–Trinajstić information content (AvgIpc) is 1.35. The number of anilines is 6. The zero-order chi connectivity index (χ0) is 105. The molecule has 4 nitrogen and oxygen atoms in total. The zero-order valence-electron chi connectivity index (χ0n) is 90.0. The van der Waals surface area contributed by atoms with Crippen LogP contribution in [0.4, 0.5) is 34.1 Å². The highest BCUT2D eigenvalue weighted by molar-refractivity contribution is 7.00. The molecule has 2 aliphatic rings. The van der Waals surface area contributed by atoms with Crippen LogP contribution in [0.5, 0.6) is 0 Å². The lowest BCUT2D eigenvalue weighted by molar-refractivity contribution is 1.17. The first-order chi connectivity index (χ1) is 75.8. The summed E-state index contributed by atoms with van der Waals surface area (Å²) in [7, 11) is 0. The van der Waals surface area contributed by atoms with Crippen LogP contribution in [0.1, 0.15) is 19.2 Å². The second-order valence-corrected chi connectivity index (χ2v) is 36.6. The summed E-state index contributed by atoms with van der Waals surface area (Å²) >= 11 is 0. The van der Waals surface area contributed by atoms with Crippen molar-refractivity contribution in [1.82, 2.24) is 9.13 Å². The fourth-order valence-electron chi connectivity index (χ4n) is 22.1. The second-order valence-electron chi connectivity index (χ2n) is 36.6. The Bertz CT molecular complexity index is 10300. The molecular formula is C136H87BN4. The van der Waals surface area contributed by atoms with Crippen molar-refractivity contribution in [2.24, 2.45) is 0 Å². The molecule has 24 aromatic carbocycles. The van der Waals surface area contributed by atoms with Gasteiger partial charge in [0, 0.05) is 77.9 Å². The molecule has 0 atom stereocenters. The van der Waals surface area contributed by atoms with Crippen molar-refractivity contribution in [1.29, 1.82) is 0 Å². The van der Waals surface area contributed by atoms with Gasteiger partial charge in [-0.15, -0.1) is 0 Å². The Labute approximate surface area is 838 Å². The van der Waals surface area contributed by atoms with Crippen LogP contribution < -0.4 is 26.2 Å². The van der Waals surface area contributed by atoms with E-state index in [9.17, 15) is 19.2 Å². The zero-order valence-corrected chi connectivity index (χ0v) is 76.0. The third-order valence-corrected chi connectivity index (χ3v) is 28.7. The van der Waals surface area contributed by atoms with Crippen LogP contribution in [-0.4, -0.2) is 15.8 Å². The minimum Gasteiger partial charge on any atom is -0.310 e. The van der Waals surface area contributed by atoms with E-state index in [0.717, 1.165) is 171 Å². The molecule has 2 aromatic heterocycles. The van der Waals surface area contributed by atoms with Crippen molar-refractivity contribution >= 4 is 144 Å². The fourth-order valence-corrected chi connectivity index (χ4v) is 22.1. The molecule has 4 heterocycles. The highest BCUT2D eigenvalue weighted by Gasteiger charge is 2.46. The van der Waals surface area contributed by atoms with Crippen LogP contribution in [0.15, 0.2) is 527 Å². The second kappa shape index (κ2) is 33.3. The van der Waals surface area contributed by atoms with E-state index in [1.807, 2.05) is 158 Å². The molecule has 0 aliphatic carbocycles. The lowest BCUT2D eigenvalue weighted by atomic mass is 9.33. The van der Waals surface area contributed by atoms with Crippen LogP contribution in [0.25, 0.3) is 220 Å². The summed E-state index contributed by atoms with van der Waals surface area (Å²) in [6.07, 6.45) is 0. The van der Waals surface area contributed by atoms with Crippen molar-refractivity contribution in [3.8, 4) is 134 Å². The van der Waals surface area contributed by atoms with Gasteiger partial charge in [0.2, 0.25) is 0 Å². The van der Waals surface area contributed by atoms with E-state index in [2.05, 4.69) is 295 Å². The number of hydrogen-bond acceptors (Lipinski definition) is 2. The smallest absolute Gasteiger partial charge is 0.252 e. The quantitative estimate of drug-likeness (QED) is 0.0751. The largest absolute Gasteiger partial charge is 0.310 e. The maximum Gasteiger partial charge on any atom is 0.252 e. The van der Waals surface area contributed by atoms with Crippen LogP contribution in [-0.2, 0) is 0 Å². The van der Waals surface area contributed by atoms with E-state index in [-0.39, 0.29) is 91.0 Å². The minimum atomic E-state index is -0.864. The molecule has 141 heavy (non-hydrogen) atoms. The Kier molecular flexibility index (Phi) is 16.0. The highest BCUT2D eigenvalue weighted by atomic mass is 15.2. The Balaban J connectivity index is 0.827. The molecule has 0 N–H and O–H groups in total. The highest BCUT2D eigenvalue weighted by Crippen LogP contribution is 2.57. The monoisotopic (exact) mass is 1800 g/mol. The first-order valence-electron chi connectivity index (χ1n) is 54.7. The van der Waals surface area contributed by atoms with E-state index < -0.39 is 55.1 Å². The van der Waals surface area contributed by atoms with Gasteiger partial charge in [-0.3, -0.25) is 0 Å². The van der Waals surface area contributed by atoms with E-state index in [1.165, 1.54) is 0 Å². The first kappa shape index (κ1) is 67.7. The molecule has 2 aliphatic heterocycles. The minimum absolute atomic E-state index is 0.000215. The molecule has 0 saturated carbocycles. The maximum atomic E-state index is 11.1. The van der Waals surface area contributed by atoms with Gasteiger partial charge in [-0.1, -0.05) is 424 Å². The average molecular weight is 1800 g/mol. The summed E-state index contributed by atoms with van der Waals surface area (Å²) in [5.74, 6) is 0. The molecular weight excluding hydrogens is 1700 g/mol. The van der Waals surface area contributed by atoms with Gasteiger partial charge < -0.3 is 18.9 Å². The summed E-state index contributed by atoms with van der Waals surface area (Å²) in [6, 6.07) is 147. The normalized spacial score (nSPS) is 13.6. The topological polar surface area (TPSA) is 16.3 Å². The molecule has 0 fully saturated rings. The Morgan fingerprint density at radius 1 is 0.177 bits per heavy atom. The lowest BCUT2D eigenvalue weighted by Gasteiger charge is -2.46. The number of fused-ring (bicyclic) bond motifs is 16. The van der Waals surface area contributed by atoms with Gasteiger partial charge in [-0.05, 0) is 263 Å². The van der Waals surface area contributed by atoms with Gasteiger partial charge in [-0.25, -0.2) is 0 Å². The SMILES string of the molecule is [2H]c1c([2H])c([2H])c2c(c1[2H])c1c([2H])c([2H])c(-c3cccc(-c4ccccc4)c3)c([2H])c1n2-c1ccc2c(c1)N(c1c(-c3ccc4ccc5ccccc5c4c3)cccc1-c1ccc3ccc4ccccc4c3c1)c1cc(-c3cccc(-c4ccccc4)c3)cc3c1B2c1ccc(-n2c4c([2H])c([2H])c([2H])c([2H])c4c4c([2H])c([2H])c(-c5cccc(-c6ccccc6)c5)c([2H])c42)cc1N3c1c(-c2ccccc2)cc(-c2ccccc2)cc1-c1ccccc1. The molecule has 28 rings (SSSR count). The van der Waals surface area contributed by atoms with Crippen molar-refractivity contribution in [2.45, 2.75) is 0 Å². The number of hydrogen-bond donors (Lipinski definition) is 0. The number of para-hydroxylation sites is 3. The number of aromatic nitrogens is 2. The van der Waals surface area contributed by atoms with Crippen LogP contribution >= 0.6 is 0 Å². The summed E-state index contributed by atoms with van der Waals surface area (Å²) < 4.78 is 147. The van der Waals surface area contributed by atoms with Crippen molar-refractivity contribution in [2.75, 3.05) is 9.80 Å². The van der Waals surface area contributed by atoms with Gasteiger partial charge in [-0.2, -0.15) is 0 Å². The van der Waals surface area contributed by atoms with E-state index in [4.69, 9.17) is 0 Å². The maximum absolute atomic E-state index is 11.1. The lowest BCUT2D eigenvalue weighted by Crippen LogP contribution is -2.61. The third kappa shape index (κ3) is 13.6. The van der Waals surface area contributed by atoms with Gasteiger partial charge in [0.15, 0.2) is 0 Å². The summed E-state index contributed by atoms with van der Waals surface area (Å²) in [5, 5.41) is 8.30. The molecule has 654 valence electrons. The molecule has 26 aromatic rings. The first-order valence-corrected chi connectivity index (χ1v) is 47.7. The molecule has 5 heteroatoms. The Hall–Kier alpha value is -18.4. The van der Waals surface area contributed by atoms with Crippen LogP contribution in [0.3, 0.4) is 0 Å². The van der Waals surface area contributed by atoms with Crippen LogP contribution in [0.2, 0.25) is 0 Å². The molecule has 0 saturated heterocycles. The number of benzene rings is 24. The Morgan fingerprint density at radius 2 is 0.496 bits per heavy atom. The summed E-state index contributed by atoms with van der Waals surface area (Å²) in [6.45, 7) is -0.864. The number of rotatable bonds is 15. The molecule has 0 spiro atoms. The third-order valence-electron chi connectivity index (χ3n) is 28.7. The molecule has 0 unspecified atom stereocenters. The van der Waals surface area contributed by atoms with Crippen molar-refractivity contribution in [3.05, 3.63) is 527 Å². The molecule has 0 amide bonds. The van der Waals surface area contributed by atoms with Crippen LogP contribution in [0, 0.1) is 0 Å². The van der Waals surface area contributed by atoms with E-state index in [1.54, 1.807) is 9.13 Å². The predicted molar refractivity (Wildman–Crippen MR) is 599 cm³/mol. The van der Waals surface area contributed by atoms with Gasteiger partial charge in [0.25, 0.3) is 6.71 Å². The predicted octanol–water partition coefficient (Wildman–Crippen LogP) is 34.9. The fraction of sp³-hybridized carbons (Fsp3) is 0. The standard InChI is InChI=1S/C136H87BN4/c1-7-31-88(32-8-1)98-45-27-48-101(75-98)104-67-71-118-116-53-23-25-57-126(116)138(128(118)82-104)110-69-73-124-130(86-110)140(135-114(106-65-63-96-61-59-94-43-19-21-51-112(94)120(96)78-106)55-30-56-115(135)107-66-64-97-62-60-95-44-20-22-52-113(95)121(97)79-107)132-84-109(103-50-29-47-100(77-103)90-35-11-3-12-36-90)85-133-134(132)137(124)125-74-70-111(139-127-58-26-24-54-117(127)119-72-68-105(83-129(119)139)102-49-28-46-99(76-102)89-33-9-2-10-34-89)87-131(125)141(133)136-122(92-39-15-5-16-40-92)80-108(91-37-13-4-14-38-91)81-123(136)93-41-17-6-18-42-93/h1-87H/i23D,24D,25D,26D,53D,54D,57D,58D,67D,68D,71D,72D,82D,83D. The van der Waals surface area contributed by atoms with E-state index >= 15 is 0 Å². The van der Waals surface area contributed by atoms with Gasteiger partial charge in [0.1, 0.15) is 0 Å². The van der Waals surface area contributed by atoms with Gasteiger partial charge >= 0.3 is 0 Å². The molecule has 0 bridgehead atoms. The number of nitrogens with zero attached hydrogens (tertiary/aromatic N) is 4. The summed E-state index contributed by atoms with van der Waals surface area (Å²) in [5.41, 5.74) is 24.0. The van der Waals surface area contributed by atoms with Crippen molar-refractivity contribution < 1.29 is 19.2 Å². The van der Waals surface area contributed by atoms with Crippen molar-refractivity contribution in [3.63, 3.8) is 0 Å². The summed E-state index contributed by atoms with van der Waals surface area (Å²) in [4.78, 5) is 4.83. The Morgan fingerprint density at radius 3 is 0.915 bits per heavy atom.